The Morgan fingerprint density at radius 2 is 2.00 bits per heavy atom. The summed E-state index contributed by atoms with van der Waals surface area (Å²) in [4.78, 5) is 21.6. The molecule has 3 aromatic rings. The maximum Gasteiger partial charge on any atom is 0.251 e. The third kappa shape index (κ3) is 5.48. The number of carbonyl (C=O) groups excluding carboxylic acids is 1. The minimum absolute atomic E-state index is 0.0700. The molecule has 0 spiro atoms. The van der Waals surface area contributed by atoms with Crippen molar-refractivity contribution in [3.05, 3.63) is 47.4 Å². The van der Waals surface area contributed by atoms with Crippen molar-refractivity contribution in [1.82, 2.24) is 25.1 Å². The number of halogens is 1. The number of hydrogen-bond donors (Lipinski definition) is 3. The molecule has 180 valence electrons. The summed E-state index contributed by atoms with van der Waals surface area (Å²) >= 11 is 6.35. The van der Waals surface area contributed by atoms with Crippen molar-refractivity contribution in [3.63, 3.8) is 0 Å². The van der Waals surface area contributed by atoms with Gasteiger partial charge >= 0.3 is 0 Å². The number of amides is 1. The van der Waals surface area contributed by atoms with E-state index in [9.17, 15) is 9.90 Å². The molecule has 0 bridgehead atoms. The number of aliphatic hydroxyl groups excluding tert-OH is 1. The van der Waals surface area contributed by atoms with E-state index in [0.717, 1.165) is 18.4 Å². The molecule has 0 aliphatic heterocycles. The Labute approximate surface area is 203 Å². The smallest absolute Gasteiger partial charge is 0.251 e. The number of nitrogens with zero attached hydrogens (tertiary/aromatic N) is 4. The lowest BCUT2D eigenvalue weighted by atomic mass is 9.93. The van der Waals surface area contributed by atoms with E-state index in [1.165, 1.54) is 6.20 Å². The van der Waals surface area contributed by atoms with E-state index in [0.29, 0.717) is 46.5 Å². The molecule has 34 heavy (non-hydrogen) atoms. The van der Waals surface area contributed by atoms with Crippen molar-refractivity contribution in [3.8, 4) is 17.0 Å². The number of carbonyl (C=O) groups is 1. The Bertz CT molecular complexity index is 1160. The molecular formula is C24H29ClN6O3. The predicted molar refractivity (Wildman–Crippen MR) is 131 cm³/mol. The molecular weight excluding hydrogens is 456 g/mol. The second-order valence-corrected chi connectivity index (χ2v) is 9.12. The topological polar surface area (TPSA) is 114 Å². The number of anilines is 2. The Hall–Kier alpha value is -3.17. The molecule has 0 unspecified atom stereocenters. The first-order chi connectivity index (χ1) is 16.3. The number of methoxy groups -OCH3 is 1. The van der Waals surface area contributed by atoms with Crippen molar-refractivity contribution >= 4 is 29.1 Å². The summed E-state index contributed by atoms with van der Waals surface area (Å²) in [7, 11) is 1.54. The maximum atomic E-state index is 12.7. The third-order valence-electron chi connectivity index (χ3n) is 5.89. The van der Waals surface area contributed by atoms with Crippen molar-refractivity contribution in [2.45, 2.75) is 57.7 Å². The van der Waals surface area contributed by atoms with Gasteiger partial charge in [-0.3, -0.25) is 9.48 Å². The van der Waals surface area contributed by atoms with E-state index in [1.807, 2.05) is 24.7 Å². The highest BCUT2D eigenvalue weighted by Gasteiger charge is 2.22. The fourth-order valence-corrected chi connectivity index (χ4v) is 4.12. The zero-order chi connectivity index (χ0) is 24.2. The van der Waals surface area contributed by atoms with Crippen molar-refractivity contribution in [2.24, 2.45) is 0 Å². The van der Waals surface area contributed by atoms with Crippen LogP contribution in [0.4, 0.5) is 11.6 Å². The summed E-state index contributed by atoms with van der Waals surface area (Å²) in [6, 6.07) is 5.45. The van der Waals surface area contributed by atoms with Crippen molar-refractivity contribution in [2.75, 3.05) is 12.4 Å². The van der Waals surface area contributed by atoms with E-state index < -0.39 is 0 Å². The van der Waals surface area contributed by atoms with Gasteiger partial charge in [0.25, 0.3) is 5.91 Å². The van der Waals surface area contributed by atoms with Crippen molar-refractivity contribution in [1.29, 1.82) is 0 Å². The first kappa shape index (κ1) is 24.0. The SMILES string of the molecule is COc1cc(C(=O)N[C@H]2CC[C@H](O)CC2)ccc1Nc1ncc(Cl)c(-c2cnn(C(C)C)c2)n1. The Kier molecular flexibility index (Phi) is 7.33. The van der Waals surface area contributed by atoms with Crippen LogP contribution in [0.15, 0.2) is 36.8 Å². The summed E-state index contributed by atoms with van der Waals surface area (Å²) in [5.74, 6) is 0.658. The van der Waals surface area contributed by atoms with Crippen LogP contribution < -0.4 is 15.4 Å². The van der Waals surface area contributed by atoms with Crippen molar-refractivity contribution < 1.29 is 14.6 Å². The van der Waals surface area contributed by atoms with E-state index >= 15 is 0 Å². The van der Waals surface area contributed by atoms with Gasteiger partial charge in [-0.05, 0) is 57.7 Å². The minimum atomic E-state index is -0.263. The number of hydrogen-bond acceptors (Lipinski definition) is 7. The molecule has 1 saturated carbocycles. The summed E-state index contributed by atoms with van der Waals surface area (Å²) in [6.45, 7) is 4.09. The van der Waals surface area contributed by atoms with Gasteiger partial charge < -0.3 is 20.5 Å². The van der Waals surface area contributed by atoms with Gasteiger partial charge in [0.1, 0.15) is 5.75 Å². The lowest BCUT2D eigenvalue weighted by Crippen LogP contribution is -2.38. The largest absolute Gasteiger partial charge is 0.495 e. The van der Waals surface area contributed by atoms with Gasteiger partial charge in [-0.25, -0.2) is 9.97 Å². The molecule has 1 fully saturated rings. The summed E-state index contributed by atoms with van der Waals surface area (Å²) in [5.41, 5.74) is 2.47. The lowest BCUT2D eigenvalue weighted by molar-refractivity contribution is 0.0867. The molecule has 1 aliphatic rings. The Balaban J connectivity index is 1.51. The number of nitrogens with one attached hydrogen (secondary N) is 2. The molecule has 2 heterocycles. The zero-order valence-corrected chi connectivity index (χ0v) is 20.2. The van der Waals surface area contributed by atoms with Gasteiger partial charge in [0, 0.05) is 29.4 Å². The van der Waals surface area contributed by atoms with E-state index in [1.54, 1.807) is 31.5 Å². The Morgan fingerprint density at radius 3 is 2.68 bits per heavy atom. The molecule has 9 nitrogen and oxygen atoms in total. The fourth-order valence-electron chi connectivity index (χ4n) is 3.92. The number of ether oxygens (including phenoxy) is 1. The quantitative estimate of drug-likeness (QED) is 0.456. The molecule has 10 heteroatoms. The highest BCUT2D eigenvalue weighted by molar-refractivity contribution is 6.32. The summed E-state index contributed by atoms with van der Waals surface area (Å²) in [6.07, 6.45) is 7.85. The zero-order valence-electron chi connectivity index (χ0n) is 19.5. The fraction of sp³-hybridized carbons (Fsp3) is 0.417. The standard InChI is InChI=1S/C24H29ClN6O3/c1-14(2)31-13-16(11-27-31)22-19(25)12-26-24(30-22)29-20-9-4-15(10-21(20)34-3)23(33)28-17-5-7-18(32)8-6-17/h4,9-14,17-18,32H,5-8H2,1-3H3,(H,28,33)(H,26,29,30)/t17-,18-. The number of rotatable bonds is 7. The minimum Gasteiger partial charge on any atom is -0.495 e. The van der Waals surface area contributed by atoms with E-state index in [-0.39, 0.29) is 24.1 Å². The van der Waals surface area contributed by atoms with Crippen LogP contribution in [-0.4, -0.2) is 50.0 Å². The van der Waals surface area contributed by atoms with Gasteiger partial charge in [-0.1, -0.05) is 11.6 Å². The number of benzene rings is 1. The molecule has 0 saturated heterocycles. The number of aliphatic hydroxyl groups is 1. The van der Waals surface area contributed by atoms with Crippen LogP contribution in [-0.2, 0) is 0 Å². The predicted octanol–water partition coefficient (Wildman–Crippen LogP) is 4.36. The molecule has 1 aromatic carbocycles. The summed E-state index contributed by atoms with van der Waals surface area (Å²) < 4.78 is 7.35. The average Bonchev–Trinajstić information content (AvgIpc) is 3.32. The van der Waals surface area contributed by atoms with Gasteiger partial charge in [0.05, 0.1) is 42.0 Å². The van der Waals surface area contributed by atoms with Gasteiger partial charge in [-0.2, -0.15) is 5.10 Å². The van der Waals surface area contributed by atoms with Crippen LogP contribution in [0, 0.1) is 0 Å². The summed E-state index contributed by atoms with van der Waals surface area (Å²) in [5, 5.41) is 20.6. The number of aromatic nitrogens is 4. The molecule has 1 amide bonds. The maximum absolute atomic E-state index is 12.7. The molecule has 2 aromatic heterocycles. The molecule has 4 rings (SSSR count). The molecule has 3 N–H and O–H groups in total. The monoisotopic (exact) mass is 484 g/mol. The van der Waals surface area contributed by atoms with Crippen LogP contribution in [0.5, 0.6) is 5.75 Å². The molecule has 1 aliphatic carbocycles. The van der Waals surface area contributed by atoms with Crippen LogP contribution in [0.25, 0.3) is 11.3 Å². The highest BCUT2D eigenvalue weighted by Crippen LogP contribution is 2.31. The van der Waals surface area contributed by atoms with Gasteiger partial charge in [-0.15, -0.1) is 0 Å². The Morgan fingerprint density at radius 1 is 1.24 bits per heavy atom. The third-order valence-corrected chi connectivity index (χ3v) is 6.17. The van der Waals surface area contributed by atoms with Crippen LogP contribution in [0.2, 0.25) is 5.02 Å². The first-order valence-electron chi connectivity index (χ1n) is 11.3. The van der Waals surface area contributed by atoms with Gasteiger partial charge in [0.2, 0.25) is 5.95 Å². The average molecular weight is 485 g/mol. The second-order valence-electron chi connectivity index (χ2n) is 8.71. The van der Waals surface area contributed by atoms with E-state index in [2.05, 4.69) is 25.7 Å². The first-order valence-corrected chi connectivity index (χ1v) is 11.7. The highest BCUT2D eigenvalue weighted by atomic mass is 35.5. The second kappa shape index (κ2) is 10.4. The van der Waals surface area contributed by atoms with Crippen LogP contribution in [0.1, 0.15) is 55.9 Å². The molecule has 0 radical (unpaired) electrons. The van der Waals surface area contributed by atoms with E-state index in [4.69, 9.17) is 16.3 Å². The van der Waals surface area contributed by atoms with Crippen LogP contribution >= 0.6 is 11.6 Å². The van der Waals surface area contributed by atoms with Gasteiger partial charge in [0.15, 0.2) is 0 Å². The van der Waals surface area contributed by atoms with Crippen LogP contribution in [0.3, 0.4) is 0 Å². The lowest BCUT2D eigenvalue weighted by Gasteiger charge is -2.26. The normalized spacial score (nSPS) is 18.1. The molecule has 0 atom stereocenters.